The zero-order chi connectivity index (χ0) is 33.1. The van der Waals surface area contributed by atoms with E-state index in [0.717, 1.165) is 34.0 Å². The third-order valence-electron chi connectivity index (χ3n) is 11.2. The molecule has 3 heterocycles. The van der Waals surface area contributed by atoms with Crippen molar-refractivity contribution in [3.8, 4) is 50.7 Å². The van der Waals surface area contributed by atoms with Gasteiger partial charge in [0, 0.05) is 33.0 Å². The van der Waals surface area contributed by atoms with Gasteiger partial charge in [-0.1, -0.05) is 136 Å². The third kappa shape index (κ3) is 3.89. The maximum Gasteiger partial charge on any atom is 0.160 e. The summed E-state index contributed by atoms with van der Waals surface area (Å²) in [7, 11) is -2.02. The van der Waals surface area contributed by atoms with E-state index < -0.39 is 8.07 Å². The Morgan fingerprint density at radius 1 is 0.531 bits per heavy atom. The number of rotatable bonds is 3. The number of fused-ring (bicyclic) bond motifs is 9. The number of hydrogen-bond donors (Lipinski definition) is 0. The number of hydrogen-bond acceptors (Lipinski definition) is 2. The van der Waals surface area contributed by atoms with Crippen molar-refractivity contribution in [2.45, 2.75) is 32.4 Å². The summed E-state index contributed by atoms with van der Waals surface area (Å²) in [6, 6.07) is 50.9. The molecule has 1 aliphatic carbocycles. The Balaban J connectivity index is 1.21. The van der Waals surface area contributed by atoms with E-state index in [1.54, 1.807) is 0 Å². The maximum absolute atomic E-state index is 5.41. The number of para-hydroxylation sites is 1. The van der Waals surface area contributed by atoms with E-state index in [0.29, 0.717) is 0 Å². The Labute approximate surface area is 287 Å². The first-order valence-electron chi connectivity index (χ1n) is 17.2. The highest BCUT2D eigenvalue weighted by Crippen LogP contribution is 2.51. The van der Waals surface area contributed by atoms with Crippen LogP contribution in [0.25, 0.3) is 72.5 Å². The molecule has 0 amide bonds. The summed E-state index contributed by atoms with van der Waals surface area (Å²) >= 11 is 0. The minimum absolute atomic E-state index is 0.0549. The first-order valence-corrected chi connectivity index (χ1v) is 20.2. The molecule has 8 aromatic rings. The van der Waals surface area contributed by atoms with E-state index >= 15 is 0 Å². The molecule has 3 nitrogen and oxygen atoms in total. The molecule has 0 spiro atoms. The fourth-order valence-electron chi connectivity index (χ4n) is 8.78. The molecule has 0 fully saturated rings. The molecule has 234 valence electrons. The van der Waals surface area contributed by atoms with E-state index in [1.165, 1.54) is 60.0 Å². The lowest BCUT2D eigenvalue weighted by molar-refractivity contribution is 0.661. The van der Waals surface area contributed by atoms with Crippen LogP contribution in [0.3, 0.4) is 0 Å². The molecular formula is C45H35N3Si. The molecule has 0 saturated carbocycles. The van der Waals surface area contributed by atoms with Gasteiger partial charge in [-0.15, -0.1) is 0 Å². The second-order valence-electron chi connectivity index (χ2n) is 14.6. The van der Waals surface area contributed by atoms with Gasteiger partial charge in [-0.25, -0.2) is 9.97 Å². The van der Waals surface area contributed by atoms with Crippen molar-refractivity contribution >= 4 is 40.3 Å². The number of aromatic nitrogens is 3. The third-order valence-corrected chi connectivity index (χ3v) is 14.7. The molecule has 49 heavy (non-hydrogen) atoms. The molecule has 6 aromatic carbocycles. The Kier molecular flexibility index (Phi) is 5.79. The van der Waals surface area contributed by atoms with Crippen LogP contribution < -0.4 is 10.4 Å². The van der Waals surface area contributed by atoms with Crippen LogP contribution in [-0.4, -0.2) is 22.6 Å². The molecule has 0 atom stereocenters. The van der Waals surface area contributed by atoms with Gasteiger partial charge in [0.2, 0.25) is 0 Å². The van der Waals surface area contributed by atoms with E-state index in [4.69, 9.17) is 9.97 Å². The summed E-state index contributed by atoms with van der Waals surface area (Å²) in [6.07, 6.45) is 0. The van der Waals surface area contributed by atoms with Crippen LogP contribution in [0.4, 0.5) is 0 Å². The Morgan fingerprint density at radius 2 is 1.22 bits per heavy atom. The van der Waals surface area contributed by atoms with Crippen molar-refractivity contribution in [2.75, 3.05) is 0 Å². The molecular weight excluding hydrogens is 611 g/mol. The average molecular weight is 646 g/mol. The zero-order valence-corrected chi connectivity index (χ0v) is 29.1. The molecule has 0 bridgehead atoms. The van der Waals surface area contributed by atoms with Crippen molar-refractivity contribution in [1.82, 2.24) is 14.5 Å². The van der Waals surface area contributed by atoms with Crippen LogP contribution in [0.5, 0.6) is 0 Å². The van der Waals surface area contributed by atoms with Gasteiger partial charge in [0.15, 0.2) is 5.82 Å². The van der Waals surface area contributed by atoms with E-state index in [-0.39, 0.29) is 5.41 Å². The van der Waals surface area contributed by atoms with Crippen LogP contribution in [0.2, 0.25) is 13.1 Å². The van der Waals surface area contributed by atoms with Gasteiger partial charge in [-0.05, 0) is 68.5 Å². The highest BCUT2D eigenvalue weighted by molar-refractivity contribution is 7.04. The summed E-state index contributed by atoms with van der Waals surface area (Å²) < 4.78 is 2.43. The van der Waals surface area contributed by atoms with Crippen molar-refractivity contribution in [1.29, 1.82) is 0 Å². The second kappa shape index (κ2) is 9.97. The Hall–Kier alpha value is -5.58. The lowest BCUT2D eigenvalue weighted by Gasteiger charge is -2.21. The quantitative estimate of drug-likeness (QED) is 0.179. The zero-order valence-electron chi connectivity index (χ0n) is 28.1. The van der Waals surface area contributed by atoms with Gasteiger partial charge < -0.3 is 4.57 Å². The van der Waals surface area contributed by atoms with Gasteiger partial charge in [0.1, 0.15) is 8.07 Å². The maximum atomic E-state index is 5.41. The van der Waals surface area contributed by atoms with Gasteiger partial charge >= 0.3 is 0 Å². The highest BCUT2D eigenvalue weighted by Gasteiger charge is 2.42. The van der Waals surface area contributed by atoms with Crippen molar-refractivity contribution in [3.05, 3.63) is 151 Å². The van der Waals surface area contributed by atoms with Gasteiger partial charge in [-0.3, -0.25) is 0 Å². The summed E-state index contributed by atoms with van der Waals surface area (Å²) in [6.45, 7) is 9.58. The highest BCUT2D eigenvalue weighted by atomic mass is 28.3. The van der Waals surface area contributed by atoms with Crippen molar-refractivity contribution < 1.29 is 0 Å². The summed E-state index contributed by atoms with van der Waals surface area (Å²) in [5.74, 6) is 0.762. The number of benzene rings is 6. The Morgan fingerprint density at radius 3 is 2.08 bits per heavy atom. The van der Waals surface area contributed by atoms with Crippen molar-refractivity contribution in [2.24, 2.45) is 0 Å². The van der Waals surface area contributed by atoms with Crippen LogP contribution in [0, 0.1) is 0 Å². The van der Waals surface area contributed by atoms with Gasteiger partial charge in [0.25, 0.3) is 0 Å². The summed E-state index contributed by atoms with van der Waals surface area (Å²) in [4.78, 5) is 10.8. The fraction of sp³-hybridized carbons (Fsp3) is 0.111. The molecule has 4 heteroatoms. The molecule has 10 rings (SSSR count). The SMILES string of the molecule is CC1(C)c2ccccc2-c2cc3c(cc21)c1ccccc1n3-c1cccc(-c2nc(-c3ccccc3)c3c(n2)-c2ccccc2[Si]3(C)C)c1. The predicted molar refractivity (Wildman–Crippen MR) is 207 cm³/mol. The van der Waals surface area contributed by atoms with E-state index in [1.807, 2.05) is 0 Å². The van der Waals surface area contributed by atoms with Crippen LogP contribution >= 0.6 is 0 Å². The molecule has 0 N–H and O–H groups in total. The minimum atomic E-state index is -2.02. The normalized spacial score (nSPS) is 14.9. The molecule has 2 aromatic heterocycles. The Bertz CT molecular complexity index is 2660. The first-order chi connectivity index (χ1) is 23.8. The fourth-order valence-corrected chi connectivity index (χ4v) is 12.0. The van der Waals surface area contributed by atoms with Gasteiger partial charge in [0.05, 0.1) is 22.4 Å². The van der Waals surface area contributed by atoms with Crippen LogP contribution in [0.15, 0.2) is 140 Å². The molecule has 0 saturated heterocycles. The summed E-state index contributed by atoms with van der Waals surface area (Å²) in [5.41, 5.74) is 14.5. The molecule has 2 aliphatic rings. The topological polar surface area (TPSA) is 30.7 Å². The predicted octanol–water partition coefficient (Wildman–Crippen LogP) is 10.0. The lowest BCUT2D eigenvalue weighted by atomic mass is 9.82. The monoisotopic (exact) mass is 645 g/mol. The first kappa shape index (κ1) is 28.4. The minimum Gasteiger partial charge on any atom is -0.309 e. The van der Waals surface area contributed by atoms with E-state index in [9.17, 15) is 0 Å². The smallest absolute Gasteiger partial charge is 0.160 e. The number of nitrogens with zero attached hydrogens (tertiary/aromatic N) is 3. The van der Waals surface area contributed by atoms with Gasteiger partial charge in [-0.2, -0.15) is 0 Å². The van der Waals surface area contributed by atoms with Crippen molar-refractivity contribution in [3.63, 3.8) is 0 Å². The standard InChI is InChI=1S/C45H35N3Si/c1-45(2)36-22-11-8-19-31(36)34-27-39-35(26-37(34)45)32-20-9-12-23-38(32)48(39)30-18-14-17-29(25-30)44-46-41(28-15-6-5-7-16-28)43-42(47-44)33-21-10-13-24-40(33)49(43,3)4/h5-27H,1-4H3. The molecule has 1 aliphatic heterocycles. The van der Waals surface area contributed by atoms with Crippen LogP contribution in [-0.2, 0) is 5.41 Å². The lowest BCUT2D eigenvalue weighted by Crippen LogP contribution is -2.50. The molecule has 0 unspecified atom stereocenters. The average Bonchev–Trinajstić information content (AvgIpc) is 3.68. The summed E-state index contributed by atoms with van der Waals surface area (Å²) in [5, 5.41) is 5.31. The van der Waals surface area contributed by atoms with E-state index in [2.05, 4.69) is 171 Å². The largest absolute Gasteiger partial charge is 0.309 e. The van der Waals surface area contributed by atoms with Crippen LogP contribution in [0.1, 0.15) is 25.0 Å². The molecule has 0 radical (unpaired) electrons. The second-order valence-corrected chi connectivity index (χ2v) is 18.9.